The van der Waals surface area contributed by atoms with Crippen molar-refractivity contribution in [3.8, 4) is 11.8 Å². The van der Waals surface area contributed by atoms with Crippen LogP contribution in [0.4, 0.5) is 0 Å². The van der Waals surface area contributed by atoms with Gasteiger partial charge in [0.15, 0.2) is 0 Å². The fourth-order valence-electron chi connectivity index (χ4n) is 4.07. The maximum Gasteiger partial charge on any atom is 0.297 e. The lowest BCUT2D eigenvalue weighted by Gasteiger charge is -2.29. The van der Waals surface area contributed by atoms with Gasteiger partial charge in [0.1, 0.15) is 11.9 Å². The van der Waals surface area contributed by atoms with Crippen LogP contribution < -0.4 is 14.8 Å². The van der Waals surface area contributed by atoms with Gasteiger partial charge in [-0.25, -0.2) is 0 Å². The van der Waals surface area contributed by atoms with Crippen molar-refractivity contribution in [3.05, 3.63) is 17.7 Å². The largest absolute Gasteiger partial charge is 0.493 e. The van der Waals surface area contributed by atoms with Crippen molar-refractivity contribution in [2.75, 3.05) is 20.3 Å². The van der Waals surface area contributed by atoms with Gasteiger partial charge in [0, 0.05) is 33.3 Å². The number of fused-ring (bicyclic) bond motifs is 1. The average Bonchev–Trinajstić information content (AvgIpc) is 3.04. The number of hydrogen-bond acceptors (Lipinski definition) is 6. The lowest BCUT2D eigenvalue weighted by molar-refractivity contribution is -0.120. The number of carbonyl (C=O) groups excluding carboxylic acids is 1. The molecule has 1 aliphatic carbocycles. The Hall–Kier alpha value is -2.61. The molecule has 0 spiro atoms. The Morgan fingerprint density at radius 3 is 2.68 bits per heavy atom. The van der Waals surface area contributed by atoms with Crippen molar-refractivity contribution in [2.45, 2.75) is 64.7 Å². The molecule has 8 nitrogen and oxygen atoms in total. The quantitative estimate of drug-likeness (QED) is 0.617. The molecule has 0 bridgehead atoms. The Labute approximate surface area is 184 Å². The summed E-state index contributed by atoms with van der Waals surface area (Å²) in [6, 6.07) is 4.53. The minimum absolute atomic E-state index is 0.0221. The Bertz CT molecular complexity index is 916. The molecule has 0 radical (unpaired) electrons. The summed E-state index contributed by atoms with van der Waals surface area (Å²) < 4.78 is 20.0. The van der Waals surface area contributed by atoms with Gasteiger partial charge in [-0.15, -0.1) is 0 Å². The van der Waals surface area contributed by atoms with Gasteiger partial charge >= 0.3 is 0 Å². The van der Waals surface area contributed by atoms with Crippen LogP contribution in [-0.4, -0.2) is 60.2 Å². The first-order chi connectivity index (χ1) is 14.9. The van der Waals surface area contributed by atoms with Crippen molar-refractivity contribution in [3.63, 3.8) is 0 Å². The van der Waals surface area contributed by atoms with E-state index in [4.69, 9.17) is 19.2 Å². The summed E-state index contributed by atoms with van der Waals surface area (Å²) >= 11 is 0. The molecule has 1 amide bonds. The summed E-state index contributed by atoms with van der Waals surface area (Å²) in [4.78, 5) is 20.0. The molecule has 2 aromatic rings. The van der Waals surface area contributed by atoms with E-state index in [-0.39, 0.29) is 24.2 Å². The zero-order valence-electron chi connectivity index (χ0n) is 19.2. The number of aromatic nitrogens is 2. The van der Waals surface area contributed by atoms with Gasteiger partial charge in [0.05, 0.1) is 35.9 Å². The number of rotatable bonds is 9. The monoisotopic (exact) mass is 430 g/mol. The fraction of sp³-hybridized carbons (Fsp3) is 0.609. The molecule has 1 fully saturated rings. The topological polar surface area (TPSA) is 87.0 Å². The van der Waals surface area contributed by atoms with Crippen LogP contribution in [0.5, 0.6) is 11.8 Å². The second kappa shape index (κ2) is 10.6. The van der Waals surface area contributed by atoms with Crippen LogP contribution in [0.1, 0.15) is 52.0 Å². The summed E-state index contributed by atoms with van der Waals surface area (Å²) in [5.74, 6) is 0.763. The lowest BCUT2D eigenvalue weighted by atomic mass is 9.95. The Morgan fingerprint density at radius 1 is 1.32 bits per heavy atom. The highest BCUT2D eigenvalue weighted by Crippen LogP contribution is 2.31. The summed E-state index contributed by atoms with van der Waals surface area (Å²) in [5, 5.41) is 2.85. The zero-order chi connectivity index (χ0) is 22.4. The lowest BCUT2D eigenvalue weighted by Crippen LogP contribution is -2.37. The second-order valence-corrected chi connectivity index (χ2v) is 8.07. The first-order valence-corrected chi connectivity index (χ1v) is 11.0. The summed E-state index contributed by atoms with van der Waals surface area (Å²) in [6.07, 6.45) is 5.82. The van der Waals surface area contributed by atoms with Gasteiger partial charge in [-0.1, -0.05) is 0 Å². The van der Waals surface area contributed by atoms with E-state index < -0.39 is 0 Å². The van der Waals surface area contributed by atoms with Crippen molar-refractivity contribution >= 4 is 23.2 Å². The molecule has 1 aliphatic rings. The Balaban J connectivity index is 1.63. The minimum atomic E-state index is -0.0302. The van der Waals surface area contributed by atoms with E-state index in [1.807, 2.05) is 43.8 Å². The Morgan fingerprint density at radius 2 is 2.03 bits per heavy atom. The van der Waals surface area contributed by atoms with Crippen LogP contribution in [0.2, 0.25) is 0 Å². The number of ether oxygens (including phenoxy) is 3. The third-order valence-corrected chi connectivity index (χ3v) is 5.48. The standard InChI is InChI=1S/C23H34N4O4/c1-6-29-21-12-11-20-22(19(21)13-24-4)27(5)23(26-20)31-18-9-7-17(8-10-18)30-14-15(2)25-16(3)28/h11-13,15,17-18H,6-10,14H2,1-5H3,(H,25,28)/t15-,17?,18?/m0/s1. The number of amides is 1. The zero-order valence-corrected chi connectivity index (χ0v) is 19.2. The molecule has 3 rings (SSSR count). The first-order valence-electron chi connectivity index (χ1n) is 11.0. The summed E-state index contributed by atoms with van der Waals surface area (Å²) in [6.45, 7) is 6.57. The molecule has 1 saturated carbocycles. The van der Waals surface area contributed by atoms with E-state index in [0.29, 0.717) is 19.2 Å². The van der Waals surface area contributed by atoms with E-state index in [2.05, 4.69) is 10.3 Å². The molecular weight excluding hydrogens is 396 g/mol. The van der Waals surface area contributed by atoms with Crippen molar-refractivity contribution < 1.29 is 19.0 Å². The van der Waals surface area contributed by atoms with Gasteiger partial charge in [-0.3, -0.25) is 14.4 Å². The van der Waals surface area contributed by atoms with E-state index >= 15 is 0 Å². The number of hydrogen-bond donors (Lipinski definition) is 1. The SMILES string of the molecule is CCOc1ccc2nc(OC3CCC(OC[C@H](C)NC(C)=O)CC3)n(C)c2c1C=NC. The van der Waals surface area contributed by atoms with Gasteiger partial charge in [0.25, 0.3) is 6.01 Å². The number of benzene rings is 1. The predicted octanol–water partition coefficient (Wildman–Crippen LogP) is 3.25. The predicted molar refractivity (Wildman–Crippen MR) is 121 cm³/mol. The number of aliphatic imine (C=N–C) groups is 1. The number of aryl methyl sites for hydroxylation is 1. The van der Waals surface area contributed by atoms with Crippen molar-refractivity contribution in [1.82, 2.24) is 14.9 Å². The van der Waals surface area contributed by atoms with Crippen LogP contribution in [0, 0.1) is 0 Å². The van der Waals surface area contributed by atoms with Crippen LogP contribution in [-0.2, 0) is 16.6 Å². The molecule has 1 atom stereocenters. The highest BCUT2D eigenvalue weighted by molar-refractivity contribution is 6.00. The van der Waals surface area contributed by atoms with Gasteiger partial charge < -0.3 is 19.5 Å². The smallest absolute Gasteiger partial charge is 0.297 e. The fourth-order valence-corrected chi connectivity index (χ4v) is 4.07. The van der Waals surface area contributed by atoms with Gasteiger partial charge in [-0.05, 0) is 51.7 Å². The third-order valence-electron chi connectivity index (χ3n) is 5.48. The molecular formula is C23H34N4O4. The molecule has 0 unspecified atom stereocenters. The van der Waals surface area contributed by atoms with Gasteiger partial charge in [-0.2, -0.15) is 4.98 Å². The van der Waals surface area contributed by atoms with E-state index in [1.54, 1.807) is 7.05 Å². The van der Waals surface area contributed by atoms with Crippen molar-refractivity contribution in [2.24, 2.45) is 12.0 Å². The molecule has 170 valence electrons. The van der Waals surface area contributed by atoms with Crippen LogP contribution >= 0.6 is 0 Å². The third kappa shape index (κ3) is 5.76. The first kappa shape index (κ1) is 23.1. The summed E-state index contributed by atoms with van der Waals surface area (Å²) in [5.41, 5.74) is 2.73. The average molecular weight is 431 g/mol. The molecule has 1 aromatic carbocycles. The highest BCUT2D eigenvalue weighted by Gasteiger charge is 2.25. The Kier molecular flexibility index (Phi) is 7.90. The van der Waals surface area contributed by atoms with Crippen molar-refractivity contribution in [1.29, 1.82) is 0 Å². The van der Waals surface area contributed by atoms with E-state index in [9.17, 15) is 4.79 Å². The molecule has 31 heavy (non-hydrogen) atoms. The van der Waals surface area contributed by atoms with Crippen LogP contribution in [0.3, 0.4) is 0 Å². The maximum atomic E-state index is 11.1. The van der Waals surface area contributed by atoms with Crippen LogP contribution in [0.15, 0.2) is 17.1 Å². The number of nitrogens with zero attached hydrogens (tertiary/aromatic N) is 3. The van der Waals surface area contributed by atoms with E-state index in [1.165, 1.54) is 6.92 Å². The second-order valence-electron chi connectivity index (χ2n) is 8.07. The molecule has 1 heterocycles. The molecule has 0 aliphatic heterocycles. The molecule has 0 saturated heterocycles. The number of imidazole rings is 1. The number of nitrogens with one attached hydrogen (secondary N) is 1. The molecule has 1 N–H and O–H groups in total. The summed E-state index contributed by atoms with van der Waals surface area (Å²) in [7, 11) is 3.71. The van der Waals surface area contributed by atoms with E-state index in [0.717, 1.165) is 48.0 Å². The minimum Gasteiger partial charge on any atom is -0.493 e. The van der Waals surface area contributed by atoms with Gasteiger partial charge in [0.2, 0.25) is 5.91 Å². The normalized spacial score (nSPS) is 20.2. The molecule has 1 aromatic heterocycles. The maximum absolute atomic E-state index is 11.1. The highest BCUT2D eigenvalue weighted by atomic mass is 16.5. The van der Waals surface area contributed by atoms with Crippen LogP contribution in [0.25, 0.3) is 11.0 Å². The molecule has 8 heteroatoms. The number of carbonyl (C=O) groups is 1.